The Labute approximate surface area is 294 Å². The van der Waals surface area contributed by atoms with E-state index in [9.17, 15) is 9.32 Å². The molecule has 49 heavy (non-hydrogen) atoms. The summed E-state index contributed by atoms with van der Waals surface area (Å²) >= 11 is 6.83. The molecule has 262 valence electrons. The van der Waals surface area contributed by atoms with Crippen molar-refractivity contribution in [3.05, 3.63) is 59.6 Å². The monoisotopic (exact) mass is 724 g/mol. The molecule has 0 amide bonds. The topological polar surface area (TPSA) is 117 Å². The molecular weight excluding hydrogens is 680 g/mol. The van der Waals surface area contributed by atoms with E-state index < -0.39 is 36.1 Å². The number of aliphatic hydroxyl groups is 1. The average molecular weight is 725 g/mol. The lowest BCUT2D eigenvalue weighted by Crippen LogP contribution is -2.35. The number of pyridine rings is 1. The van der Waals surface area contributed by atoms with Gasteiger partial charge in [-0.2, -0.15) is 9.35 Å². The summed E-state index contributed by atoms with van der Waals surface area (Å²) < 4.78 is 43.5. The number of benzene rings is 2. The van der Waals surface area contributed by atoms with E-state index in [0.717, 1.165) is 41.3 Å². The molecule has 2 aromatic heterocycles. The molecule has 3 aliphatic rings. The van der Waals surface area contributed by atoms with E-state index >= 15 is 0 Å². The molecule has 1 unspecified atom stereocenters. The van der Waals surface area contributed by atoms with Crippen LogP contribution in [0.3, 0.4) is 0 Å². The SMILES string of the molecule is C[Si](C)(C)CCOCn1c(O[C@@H]2CO[C@H]3[C@@H]2OC[C@H]3O)nc2cc(Cl)c(-c3ccc(-c4ccc(N=S(C)(=O)CC5CCC5)cc4)cc3)nc21. The molecule has 2 saturated heterocycles. The van der Waals surface area contributed by atoms with Crippen LogP contribution in [0.15, 0.2) is 59.0 Å². The Hall–Kier alpha value is -2.84. The summed E-state index contributed by atoms with van der Waals surface area (Å²) in [6, 6.07) is 19.2. The molecular formula is C36H45ClN4O6SSi. The van der Waals surface area contributed by atoms with Crippen molar-refractivity contribution in [2.24, 2.45) is 10.3 Å². The fourth-order valence-corrected chi connectivity index (χ4v) is 9.38. The van der Waals surface area contributed by atoms with Crippen molar-refractivity contribution >= 4 is 46.3 Å². The van der Waals surface area contributed by atoms with Crippen molar-refractivity contribution in [2.75, 3.05) is 31.8 Å². The number of nitrogens with zero attached hydrogens (tertiary/aromatic N) is 4. The quantitative estimate of drug-likeness (QED) is 0.121. The zero-order valence-corrected chi connectivity index (χ0v) is 31.1. The summed E-state index contributed by atoms with van der Waals surface area (Å²) in [5.41, 5.74) is 5.49. The Kier molecular flexibility index (Phi) is 9.92. The van der Waals surface area contributed by atoms with Gasteiger partial charge in [-0.05, 0) is 54.1 Å². The maximum atomic E-state index is 13.0. The Morgan fingerprint density at radius 1 is 1.00 bits per heavy atom. The number of fused-ring (bicyclic) bond motifs is 2. The van der Waals surface area contributed by atoms with Gasteiger partial charge in [0.1, 0.15) is 30.6 Å². The lowest BCUT2D eigenvalue weighted by Gasteiger charge is -2.25. The molecule has 13 heteroatoms. The maximum absolute atomic E-state index is 13.0. The summed E-state index contributed by atoms with van der Waals surface area (Å²) in [4.78, 5) is 9.76. The summed E-state index contributed by atoms with van der Waals surface area (Å²) in [5.74, 6) is 1.22. The van der Waals surface area contributed by atoms with Crippen LogP contribution in [0.25, 0.3) is 33.5 Å². The van der Waals surface area contributed by atoms with Gasteiger partial charge in [0.25, 0.3) is 0 Å². The highest BCUT2D eigenvalue weighted by atomic mass is 35.5. The lowest BCUT2D eigenvalue weighted by molar-refractivity contribution is 0.00336. The van der Waals surface area contributed by atoms with Crippen molar-refractivity contribution in [2.45, 2.75) is 76.1 Å². The first-order valence-electron chi connectivity index (χ1n) is 17.1. The third-order valence-corrected chi connectivity index (χ3v) is 13.2. The predicted molar refractivity (Wildman–Crippen MR) is 196 cm³/mol. The van der Waals surface area contributed by atoms with E-state index in [1.54, 1.807) is 12.3 Å². The van der Waals surface area contributed by atoms with Crippen LogP contribution in [0.2, 0.25) is 30.7 Å². The van der Waals surface area contributed by atoms with Crippen molar-refractivity contribution in [3.63, 3.8) is 0 Å². The molecule has 2 aromatic carbocycles. The van der Waals surface area contributed by atoms with Gasteiger partial charge in [0.05, 0.1) is 29.6 Å². The second-order valence-corrected chi connectivity index (χ2v) is 23.3. The molecule has 0 spiro atoms. The van der Waals surface area contributed by atoms with Gasteiger partial charge in [-0.1, -0.05) is 74.1 Å². The number of rotatable bonds is 12. The number of aliphatic hydroxyl groups excluding tert-OH is 1. The molecule has 4 heterocycles. The van der Waals surface area contributed by atoms with Gasteiger partial charge in [-0.25, -0.2) is 9.19 Å². The zero-order chi connectivity index (χ0) is 34.3. The normalized spacial score (nSPS) is 23.7. The predicted octanol–water partition coefficient (Wildman–Crippen LogP) is 7.17. The van der Waals surface area contributed by atoms with Crippen molar-refractivity contribution in [3.8, 4) is 28.4 Å². The van der Waals surface area contributed by atoms with Crippen LogP contribution in [-0.4, -0.2) is 88.2 Å². The van der Waals surface area contributed by atoms with Crippen molar-refractivity contribution in [1.82, 2.24) is 14.5 Å². The smallest absolute Gasteiger partial charge is 0.301 e. The minimum absolute atomic E-state index is 0.213. The van der Waals surface area contributed by atoms with Gasteiger partial charge in [0.15, 0.2) is 11.8 Å². The van der Waals surface area contributed by atoms with Gasteiger partial charge in [0, 0.05) is 42.0 Å². The molecule has 4 aromatic rings. The molecule has 0 bridgehead atoms. The highest BCUT2D eigenvalue weighted by Crippen LogP contribution is 2.35. The van der Waals surface area contributed by atoms with Gasteiger partial charge in [-0.3, -0.25) is 4.57 Å². The van der Waals surface area contributed by atoms with Crippen molar-refractivity contribution in [1.29, 1.82) is 0 Å². The van der Waals surface area contributed by atoms with Gasteiger partial charge in [-0.15, -0.1) is 0 Å². The maximum Gasteiger partial charge on any atom is 0.301 e. The minimum Gasteiger partial charge on any atom is -0.456 e. The van der Waals surface area contributed by atoms with E-state index in [2.05, 4.69) is 24.0 Å². The summed E-state index contributed by atoms with van der Waals surface area (Å²) in [6.07, 6.45) is 3.44. The Balaban J connectivity index is 1.13. The first-order valence-corrected chi connectivity index (χ1v) is 23.2. The lowest BCUT2D eigenvalue weighted by atomic mass is 9.87. The summed E-state index contributed by atoms with van der Waals surface area (Å²) in [6.45, 7) is 8.29. The number of aromatic nitrogens is 3. The fraction of sp³-hybridized carbons (Fsp3) is 0.500. The first kappa shape index (κ1) is 34.6. The van der Waals surface area contributed by atoms with Gasteiger partial charge < -0.3 is 24.1 Å². The Morgan fingerprint density at radius 3 is 2.35 bits per heavy atom. The zero-order valence-electron chi connectivity index (χ0n) is 28.5. The highest BCUT2D eigenvalue weighted by molar-refractivity contribution is 7.93. The van der Waals surface area contributed by atoms with E-state index in [4.69, 9.17) is 40.5 Å². The first-order chi connectivity index (χ1) is 23.4. The van der Waals surface area contributed by atoms with Crippen molar-refractivity contribution < 1.29 is 28.3 Å². The number of imidazole rings is 1. The standard InChI is InChI=1S/C36H45ClN4O6SSi/c1-48(43,21-23-6-5-7-23)40-27-14-12-25(13-15-27)24-8-10-26(11-9-24)32-28(37)18-29-35(39-32)41(22-44-16-17-49(2,3)4)36(38-29)47-31-20-46-33-30(42)19-45-34(31)33/h8-15,18,23,30-31,33-34,42H,5-7,16-17,19-22H2,1-4H3/t30-,31-,33-,34-,48?/m1/s1. The van der Waals surface area contributed by atoms with Crippen LogP contribution in [0.5, 0.6) is 6.01 Å². The van der Waals surface area contributed by atoms with Crippen LogP contribution in [0.1, 0.15) is 19.3 Å². The van der Waals surface area contributed by atoms with Gasteiger partial charge >= 0.3 is 6.01 Å². The summed E-state index contributed by atoms with van der Waals surface area (Å²) in [5, 5.41) is 10.7. The fourth-order valence-electron chi connectivity index (χ4n) is 6.52. The van der Waals surface area contributed by atoms with Crippen LogP contribution in [-0.2, 0) is 30.7 Å². The Bertz CT molecular complexity index is 1920. The largest absolute Gasteiger partial charge is 0.456 e. The van der Waals surface area contributed by atoms with Gasteiger partial charge in [0.2, 0.25) is 0 Å². The molecule has 1 N–H and O–H groups in total. The number of halogens is 1. The number of hydrogen-bond donors (Lipinski definition) is 1. The average Bonchev–Trinajstić information content (AvgIpc) is 3.71. The van der Waals surface area contributed by atoms with E-state index in [1.165, 1.54) is 6.42 Å². The molecule has 2 aliphatic heterocycles. The van der Waals surface area contributed by atoms with Crippen LogP contribution >= 0.6 is 11.6 Å². The van der Waals surface area contributed by atoms with Crippen LogP contribution in [0, 0.1) is 5.92 Å². The molecule has 0 radical (unpaired) electrons. The van der Waals surface area contributed by atoms with Crippen LogP contribution < -0.4 is 4.74 Å². The Morgan fingerprint density at radius 2 is 1.67 bits per heavy atom. The number of hydrogen-bond acceptors (Lipinski definition) is 9. The molecule has 7 rings (SSSR count). The number of ether oxygens (including phenoxy) is 4. The second-order valence-electron chi connectivity index (χ2n) is 14.8. The molecule has 3 fully saturated rings. The molecule has 5 atom stereocenters. The van der Waals surface area contributed by atoms with E-state index in [0.29, 0.717) is 46.2 Å². The van der Waals surface area contributed by atoms with Crippen LogP contribution in [0.4, 0.5) is 5.69 Å². The minimum atomic E-state index is -2.24. The van der Waals surface area contributed by atoms with E-state index in [-0.39, 0.29) is 26.0 Å². The van der Waals surface area contributed by atoms with E-state index in [1.807, 2.05) is 53.1 Å². The highest BCUT2D eigenvalue weighted by Gasteiger charge is 2.49. The molecule has 1 saturated carbocycles. The third-order valence-electron chi connectivity index (χ3n) is 9.52. The molecule has 10 nitrogen and oxygen atoms in total. The summed E-state index contributed by atoms with van der Waals surface area (Å²) in [7, 11) is -3.53. The third kappa shape index (κ3) is 7.90. The molecule has 1 aliphatic carbocycles. The second kappa shape index (κ2) is 14.1.